The number of hydrogen-bond donors (Lipinski definition) is 1. The topological polar surface area (TPSA) is 97.8 Å². The lowest BCUT2D eigenvalue weighted by Crippen LogP contribution is -1.98. The number of hydrogen-bond acceptors (Lipinski definition) is 6. The van der Waals surface area contributed by atoms with Crippen LogP contribution in [0.5, 0.6) is 0 Å². The molecule has 0 saturated carbocycles. The Balaban J connectivity index is 1.88. The summed E-state index contributed by atoms with van der Waals surface area (Å²) in [6.07, 6.45) is 6.60. The minimum atomic E-state index is 0.334. The van der Waals surface area contributed by atoms with Crippen LogP contribution in [0.25, 0.3) is 39.5 Å². The molecule has 5 aromatic heterocycles. The van der Waals surface area contributed by atoms with Crippen LogP contribution in [0.1, 0.15) is 25.5 Å². The van der Waals surface area contributed by atoms with E-state index in [0.717, 1.165) is 33.6 Å². The number of pyridine rings is 2. The highest BCUT2D eigenvalue weighted by atomic mass is 16.4. The molecular weight excluding hydrogens is 330 g/mol. The fourth-order valence-electron chi connectivity index (χ4n) is 3.04. The number of H-pyrrole nitrogens is 1. The van der Waals surface area contributed by atoms with E-state index in [1.165, 1.54) is 6.39 Å². The second-order valence-corrected chi connectivity index (χ2v) is 6.39. The number of rotatable bonds is 3. The van der Waals surface area contributed by atoms with Crippen molar-refractivity contribution < 1.29 is 4.42 Å². The average Bonchev–Trinajstić information content (AvgIpc) is 3.41. The largest absolute Gasteiger partial charge is 0.422 e. The molecule has 1 N–H and O–H groups in total. The molecule has 0 aliphatic carbocycles. The van der Waals surface area contributed by atoms with E-state index in [1.54, 1.807) is 12.5 Å². The maximum atomic E-state index is 5.32. The van der Waals surface area contributed by atoms with Gasteiger partial charge in [0.25, 0.3) is 5.89 Å². The molecule has 5 aromatic rings. The van der Waals surface area contributed by atoms with Crippen LogP contribution in [-0.2, 0) is 0 Å². The molecule has 0 saturated heterocycles. The summed E-state index contributed by atoms with van der Waals surface area (Å²) < 4.78 is 7.28. The first kappa shape index (κ1) is 14.8. The minimum Gasteiger partial charge on any atom is -0.422 e. The van der Waals surface area contributed by atoms with Crippen molar-refractivity contribution in [1.29, 1.82) is 0 Å². The van der Waals surface area contributed by atoms with Crippen molar-refractivity contribution in [3.63, 3.8) is 0 Å². The normalized spacial score (nSPS) is 11.8. The van der Waals surface area contributed by atoms with Crippen LogP contribution in [0.15, 0.2) is 47.7 Å². The van der Waals surface area contributed by atoms with Gasteiger partial charge < -0.3 is 9.40 Å². The quantitative estimate of drug-likeness (QED) is 0.538. The summed E-state index contributed by atoms with van der Waals surface area (Å²) in [5.74, 6) is 0.707. The summed E-state index contributed by atoms with van der Waals surface area (Å²) in [5.41, 5.74) is 5.04. The lowest BCUT2D eigenvalue weighted by Gasteiger charge is -2.09. The molecule has 0 aliphatic heterocycles. The number of nitrogens with zero attached hydrogens (tertiary/aromatic N) is 6. The fourth-order valence-corrected chi connectivity index (χ4v) is 3.04. The number of aromatic amines is 1. The zero-order valence-corrected chi connectivity index (χ0v) is 14.2. The molecule has 0 unspecified atom stereocenters. The first-order chi connectivity index (χ1) is 12.7. The molecule has 0 bridgehead atoms. The van der Waals surface area contributed by atoms with Crippen LogP contribution in [0.2, 0.25) is 0 Å². The Morgan fingerprint density at radius 1 is 1.15 bits per heavy atom. The first-order valence-corrected chi connectivity index (χ1v) is 8.29. The molecule has 0 amide bonds. The van der Waals surface area contributed by atoms with Gasteiger partial charge in [0.05, 0.1) is 18.2 Å². The van der Waals surface area contributed by atoms with E-state index >= 15 is 0 Å². The number of nitrogens with one attached hydrogen (secondary N) is 1. The Hall–Kier alpha value is -3.55. The Kier molecular flexibility index (Phi) is 3.11. The second-order valence-electron chi connectivity index (χ2n) is 6.39. The van der Waals surface area contributed by atoms with E-state index in [1.807, 2.05) is 10.6 Å². The van der Waals surface area contributed by atoms with Crippen LogP contribution in [0, 0.1) is 0 Å². The molecule has 0 radical (unpaired) electrons. The molecule has 0 aromatic carbocycles. The number of fused-ring (bicyclic) bond motifs is 3. The van der Waals surface area contributed by atoms with Crippen molar-refractivity contribution in [3.05, 3.63) is 49.0 Å². The van der Waals surface area contributed by atoms with E-state index in [-0.39, 0.29) is 0 Å². The molecule has 128 valence electrons. The summed E-state index contributed by atoms with van der Waals surface area (Å²) in [5, 5.41) is 8.72. The van der Waals surface area contributed by atoms with Crippen molar-refractivity contribution >= 4 is 16.7 Å². The van der Waals surface area contributed by atoms with Gasteiger partial charge in [-0.1, -0.05) is 13.8 Å². The smallest absolute Gasteiger partial charge is 0.267 e. The lowest BCUT2D eigenvalue weighted by molar-refractivity contribution is 0.567. The van der Waals surface area contributed by atoms with Gasteiger partial charge in [-0.15, -0.1) is 10.2 Å². The fraction of sp³-hybridized carbons (Fsp3) is 0.167. The highest BCUT2D eigenvalue weighted by Crippen LogP contribution is 2.30. The van der Waals surface area contributed by atoms with Gasteiger partial charge in [0.1, 0.15) is 17.0 Å². The maximum Gasteiger partial charge on any atom is 0.267 e. The highest BCUT2D eigenvalue weighted by molar-refractivity contribution is 5.89. The molecule has 8 nitrogen and oxygen atoms in total. The van der Waals surface area contributed by atoms with Crippen LogP contribution in [0.3, 0.4) is 0 Å². The molecule has 0 fully saturated rings. The third kappa shape index (κ3) is 2.19. The highest BCUT2D eigenvalue weighted by Gasteiger charge is 2.17. The standard InChI is InChI=1S/C18H15N7O/c1-10(2)13-4-3-11-5-12(14-6-19-8-20-14)17-23-15(18-24-21-9-26-18)7-25(17)16(11)22-13/h3-10H,1-2H3,(H,19,20). The SMILES string of the molecule is CC(C)c1ccc2cc(-c3cnc[nH]3)c3nc(-c4nnco4)cn3c2n1. The predicted octanol–water partition coefficient (Wildman–Crippen LogP) is 3.45. The van der Waals surface area contributed by atoms with Gasteiger partial charge >= 0.3 is 0 Å². The van der Waals surface area contributed by atoms with Crippen molar-refractivity contribution in [2.45, 2.75) is 19.8 Å². The van der Waals surface area contributed by atoms with Crippen molar-refractivity contribution in [2.75, 3.05) is 0 Å². The summed E-state index contributed by atoms with van der Waals surface area (Å²) in [4.78, 5) is 16.8. The predicted molar refractivity (Wildman–Crippen MR) is 95.5 cm³/mol. The van der Waals surface area contributed by atoms with Crippen molar-refractivity contribution in [3.8, 4) is 22.8 Å². The monoisotopic (exact) mass is 345 g/mol. The lowest BCUT2D eigenvalue weighted by atomic mass is 10.1. The minimum absolute atomic E-state index is 0.334. The molecule has 26 heavy (non-hydrogen) atoms. The molecule has 8 heteroatoms. The zero-order valence-electron chi connectivity index (χ0n) is 14.2. The Morgan fingerprint density at radius 2 is 2.08 bits per heavy atom. The van der Waals surface area contributed by atoms with Crippen LogP contribution in [0.4, 0.5) is 0 Å². The second kappa shape index (κ2) is 5.48. The van der Waals surface area contributed by atoms with Gasteiger partial charge in [0, 0.05) is 22.8 Å². The Morgan fingerprint density at radius 3 is 2.81 bits per heavy atom. The van der Waals surface area contributed by atoms with Gasteiger partial charge in [0.15, 0.2) is 0 Å². The summed E-state index contributed by atoms with van der Waals surface area (Å²) in [6.45, 7) is 4.25. The van der Waals surface area contributed by atoms with E-state index < -0.39 is 0 Å². The maximum absolute atomic E-state index is 5.32. The van der Waals surface area contributed by atoms with Crippen LogP contribution >= 0.6 is 0 Å². The molecule has 0 spiro atoms. The first-order valence-electron chi connectivity index (χ1n) is 8.29. The van der Waals surface area contributed by atoms with E-state index in [2.05, 4.69) is 52.2 Å². The van der Waals surface area contributed by atoms with Crippen LogP contribution in [-0.4, -0.2) is 34.5 Å². The number of aromatic nitrogens is 7. The summed E-state index contributed by atoms with van der Waals surface area (Å²) >= 11 is 0. The average molecular weight is 345 g/mol. The van der Waals surface area contributed by atoms with Crippen molar-refractivity contribution in [1.82, 2.24) is 34.5 Å². The molecule has 0 atom stereocenters. The molecular formula is C18H15N7O. The van der Waals surface area contributed by atoms with Gasteiger partial charge in [-0.25, -0.2) is 15.0 Å². The number of imidazole rings is 2. The van der Waals surface area contributed by atoms with Crippen LogP contribution < -0.4 is 0 Å². The van der Waals surface area contributed by atoms with E-state index in [0.29, 0.717) is 17.5 Å². The Labute approximate surface area is 148 Å². The van der Waals surface area contributed by atoms with Crippen molar-refractivity contribution in [2.24, 2.45) is 0 Å². The molecule has 5 heterocycles. The van der Waals surface area contributed by atoms with E-state index in [4.69, 9.17) is 14.4 Å². The van der Waals surface area contributed by atoms with E-state index in [9.17, 15) is 0 Å². The molecule has 5 rings (SSSR count). The third-order valence-corrected chi connectivity index (χ3v) is 4.36. The summed E-state index contributed by atoms with van der Waals surface area (Å²) in [6, 6.07) is 6.22. The van der Waals surface area contributed by atoms with Gasteiger partial charge in [-0.05, 0) is 24.1 Å². The summed E-state index contributed by atoms with van der Waals surface area (Å²) in [7, 11) is 0. The van der Waals surface area contributed by atoms with Gasteiger partial charge in [-0.3, -0.25) is 4.40 Å². The Bertz CT molecular complexity index is 1200. The third-order valence-electron chi connectivity index (χ3n) is 4.36. The van der Waals surface area contributed by atoms with Gasteiger partial charge in [-0.2, -0.15) is 0 Å². The van der Waals surface area contributed by atoms with Gasteiger partial charge in [0.2, 0.25) is 6.39 Å². The zero-order chi connectivity index (χ0) is 17.7. The molecule has 0 aliphatic rings.